The van der Waals surface area contributed by atoms with Crippen molar-refractivity contribution in [2.75, 3.05) is 7.05 Å². The lowest BCUT2D eigenvalue weighted by Gasteiger charge is -2.18. The molecule has 4 rings (SSSR count). The maximum absolute atomic E-state index is 13.1. The van der Waals surface area contributed by atoms with E-state index >= 15 is 0 Å². The molecule has 0 radical (unpaired) electrons. The highest BCUT2D eigenvalue weighted by molar-refractivity contribution is 5.94. The van der Waals surface area contributed by atoms with Crippen LogP contribution in [0.15, 0.2) is 52.9 Å². The molecule has 2 aromatic carbocycles. The first-order chi connectivity index (χ1) is 15.8. The van der Waals surface area contributed by atoms with Crippen molar-refractivity contribution in [3.63, 3.8) is 0 Å². The second kappa shape index (κ2) is 8.90. The maximum Gasteiger partial charge on any atom is 0.312 e. The van der Waals surface area contributed by atoms with Crippen LogP contribution in [0.1, 0.15) is 45.6 Å². The molecule has 0 aliphatic carbocycles. The predicted molar refractivity (Wildman–Crippen MR) is 125 cm³/mol. The quantitative estimate of drug-likeness (QED) is 0.293. The van der Waals surface area contributed by atoms with E-state index in [9.17, 15) is 14.9 Å². The summed E-state index contributed by atoms with van der Waals surface area (Å²) in [5, 5.41) is 16.5. The standard InChI is InChI=1S/C25H26N4O4/c1-5-22-21(20-8-6-7-9-23(20)33-22)15-27(4)25(30)19-12-10-18(11-13-19)14-28-17(3)24(29(31)32)16(2)26-28/h6-13H,5,14-15H2,1-4H3. The van der Waals surface area contributed by atoms with Gasteiger partial charge in [0.15, 0.2) is 0 Å². The number of amides is 1. The van der Waals surface area contributed by atoms with Gasteiger partial charge in [0.1, 0.15) is 22.7 Å². The van der Waals surface area contributed by atoms with Gasteiger partial charge in [0.2, 0.25) is 0 Å². The van der Waals surface area contributed by atoms with Crippen LogP contribution in [0, 0.1) is 24.0 Å². The Kier molecular flexibility index (Phi) is 6.00. The molecule has 1 amide bonds. The number of furan rings is 1. The van der Waals surface area contributed by atoms with Gasteiger partial charge in [-0.25, -0.2) is 0 Å². The number of rotatable bonds is 7. The summed E-state index contributed by atoms with van der Waals surface area (Å²) in [7, 11) is 1.78. The highest BCUT2D eigenvalue weighted by atomic mass is 16.6. The zero-order chi connectivity index (χ0) is 23.7. The van der Waals surface area contributed by atoms with Gasteiger partial charge in [0, 0.05) is 36.5 Å². The molecule has 2 heterocycles. The molecule has 170 valence electrons. The number of benzene rings is 2. The fraction of sp³-hybridized carbons (Fsp3) is 0.280. The third-order valence-corrected chi connectivity index (χ3v) is 5.90. The minimum Gasteiger partial charge on any atom is -0.461 e. The maximum atomic E-state index is 13.1. The van der Waals surface area contributed by atoms with Crippen LogP contribution in [0.2, 0.25) is 0 Å². The Bertz CT molecular complexity index is 1330. The molecule has 0 saturated heterocycles. The first kappa shape index (κ1) is 22.3. The van der Waals surface area contributed by atoms with Crippen molar-refractivity contribution in [2.45, 2.75) is 40.3 Å². The molecule has 2 aromatic heterocycles. The summed E-state index contributed by atoms with van der Waals surface area (Å²) in [5.74, 6) is 0.806. The van der Waals surface area contributed by atoms with Gasteiger partial charge < -0.3 is 9.32 Å². The largest absolute Gasteiger partial charge is 0.461 e. The molecule has 0 unspecified atom stereocenters. The number of fused-ring (bicyclic) bond motifs is 1. The molecule has 8 nitrogen and oxygen atoms in total. The van der Waals surface area contributed by atoms with Crippen molar-refractivity contribution in [3.05, 3.63) is 92.5 Å². The van der Waals surface area contributed by atoms with Gasteiger partial charge in [-0.05, 0) is 37.6 Å². The molecule has 0 N–H and O–H groups in total. The van der Waals surface area contributed by atoms with E-state index in [1.807, 2.05) is 43.3 Å². The second-order valence-electron chi connectivity index (χ2n) is 8.15. The van der Waals surface area contributed by atoms with Crippen LogP contribution in [0.4, 0.5) is 5.69 Å². The Morgan fingerprint density at radius 1 is 1.15 bits per heavy atom. The zero-order valence-electron chi connectivity index (χ0n) is 19.2. The lowest BCUT2D eigenvalue weighted by molar-refractivity contribution is -0.386. The average molecular weight is 447 g/mol. The van der Waals surface area contributed by atoms with Crippen molar-refractivity contribution in [2.24, 2.45) is 0 Å². The van der Waals surface area contributed by atoms with Gasteiger partial charge in [-0.2, -0.15) is 5.10 Å². The van der Waals surface area contributed by atoms with E-state index in [0.717, 1.165) is 34.3 Å². The molecular weight excluding hydrogens is 420 g/mol. The van der Waals surface area contributed by atoms with Crippen molar-refractivity contribution in [1.82, 2.24) is 14.7 Å². The SMILES string of the molecule is CCc1oc2ccccc2c1CN(C)C(=O)c1ccc(Cn2nc(C)c([N+](=O)[O-])c2C)cc1. The number of carbonyl (C=O) groups excluding carboxylic acids is 1. The summed E-state index contributed by atoms with van der Waals surface area (Å²) in [6.07, 6.45) is 0.755. The van der Waals surface area contributed by atoms with Crippen molar-refractivity contribution in [3.8, 4) is 0 Å². The van der Waals surface area contributed by atoms with Crippen molar-refractivity contribution < 1.29 is 14.1 Å². The van der Waals surface area contributed by atoms with Crippen molar-refractivity contribution in [1.29, 1.82) is 0 Å². The van der Waals surface area contributed by atoms with Crippen LogP contribution in [0.25, 0.3) is 11.0 Å². The molecule has 8 heteroatoms. The Hall–Kier alpha value is -3.94. The average Bonchev–Trinajstić information content (AvgIpc) is 3.29. The Morgan fingerprint density at radius 3 is 2.48 bits per heavy atom. The Morgan fingerprint density at radius 2 is 1.85 bits per heavy atom. The van der Waals surface area contributed by atoms with Crippen LogP contribution in [-0.2, 0) is 19.5 Å². The molecule has 0 saturated carbocycles. The lowest BCUT2D eigenvalue weighted by Crippen LogP contribution is -2.26. The fourth-order valence-corrected chi connectivity index (χ4v) is 4.17. The zero-order valence-corrected chi connectivity index (χ0v) is 19.2. The van der Waals surface area contributed by atoms with E-state index in [0.29, 0.717) is 30.0 Å². The Labute approximate surface area is 191 Å². The van der Waals surface area contributed by atoms with Gasteiger partial charge in [-0.15, -0.1) is 0 Å². The molecule has 0 aliphatic rings. The number of hydrogen-bond donors (Lipinski definition) is 0. The molecule has 0 atom stereocenters. The molecular formula is C25H26N4O4. The first-order valence-corrected chi connectivity index (χ1v) is 10.8. The van der Waals surface area contributed by atoms with Crippen LogP contribution < -0.4 is 0 Å². The molecule has 4 aromatic rings. The van der Waals surface area contributed by atoms with Gasteiger partial charge >= 0.3 is 5.69 Å². The number of nitro groups is 1. The van der Waals surface area contributed by atoms with Gasteiger partial charge in [0.25, 0.3) is 5.91 Å². The van der Waals surface area contributed by atoms with Crippen LogP contribution in [0.5, 0.6) is 0 Å². The molecule has 0 bridgehead atoms. The van der Waals surface area contributed by atoms with Crippen molar-refractivity contribution >= 4 is 22.6 Å². The highest BCUT2D eigenvalue weighted by Gasteiger charge is 2.22. The summed E-state index contributed by atoms with van der Waals surface area (Å²) in [6.45, 7) is 6.21. The summed E-state index contributed by atoms with van der Waals surface area (Å²) in [4.78, 5) is 25.6. The van der Waals surface area contributed by atoms with Gasteiger partial charge in [-0.1, -0.05) is 37.3 Å². The fourth-order valence-electron chi connectivity index (χ4n) is 4.17. The molecule has 33 heavy (non-hydrogen) atoms. The molecule has 0 aliphatic heterocycles. The smallest absolute Gasteiger partial charge is 0.312 e. The second-order valence-corrected chi connectivity index (χ2v) is 8.15. The molecule has 0 fully saturated rings. The summed E-state index contributed by atoms with van der Waals surface area (Å²) >= 11 is 0. The number of hydrogen-bond acceptors (Lipinski definition) is 5. The third-order valence-electron chi connectivity index (χ3n) is 5.90. The highest BCUT2D eigenvalue weighted by Crippen LogP contribution is 2.28. The lowest BCUT2D eigenvalue weighted by atomic mass is 10.1. The minimum atomic E-state index is -0.404. The number of carbonyl (C=O) groups is 1. The summed E-state index contributed by atoms with van der Waals surface area (Å²) in [6, 6.07) is 15.1. The minimum absolute atomic E-state index is 0.0432. The van der Waals surface area contributed by atoms with Crippen LogP contribution in [0.3, 0.4) is 0 Å². The first-order valence-electron chi connectivity index (χ1n) is 10.8. The van der Waals surface area contributed by atoms with E-state index in [-0.39, 0.29) is 11.6 Å². The monoisotopic (exact) mass is 446 g/mol. The van der Waals surface area contributed by atoms with E-state index in [1.165, 1.54) is 0 Å². The summed E-state index contributed by atoms with van der Waals surface area (Å²) in [5.41, 5.74) is 4.29. The van der Waals surface area contributed by atoms with E-state index in [4.69, 9.17) is 4.42 Å². The van der Waals surface area contributed by atoms with Crippen LogP contribution in [-0.4, -0.2) is 32.6 Å². The normalized spacial score (nSPS) is 11.2. The number of aryl methyl sites for hydroxylation is 2. The van der Waals surface area contributed by atoms with E-state index in [2.05, 4.69) is 5.10 Å². The third kappa shape index (κ3) is 4.24. The van der Waals surface area contributed by atoms with E-state index < -0.39 is 4.92 Å². The van der Waals surface area contributed by atoms with E-state index in [1.54, 1.807) is 42.6 Å². The topological polar surface area (TPSA) is 94.4 Å². The van der Waals surface area contributed by atoms with Gasteiger partial charge in [0.05, 0.1) is 11.5 Å². The summed E-state index contributed by atoms with van der Waals surface area (Å²) < 4.78 is 7.57. The number of nitrogens with zero attached hydrogens (tertiary/aromatic N) is 4. The van der Waals surface area contributed by atoms with Crippen LogP contribution >= 0.6 is 0 Å². The van der Waals surface area contributed by atoms with Gasteiger partial charge in [-0.3, -0.25) is 19.6 Å². The Balaban J connectivity index is 1.50. The number of aromatic nitrogens is 2. The predicted octanol–water partition coefficient (Wildman–Crippen LogP) is 5.04. The number of para-hydroxylation sites is 1. The molecule has 0 spiro atoms.